The highest BCUT2D eigenvalue weighted by atomic mass is 16.5. The van der Waals surface area contributed by atoms with Crippen molar-refractivity contribution in [1.29, 1.82) is 0 Å². The van der Waals surface area contributed by atoms with Gasteiger partial charge in [0.05, 0.1) is 0 Å². The van der Waals surface area contributed by atoms with E-state index in [0.29, 0.717) is 0 Å². The Morgan fingerprint density at radius 1 is 1.12 bits per heavy atom. The van der Waals surface area contributed by atoms with E-state index in [4.69, 9.17) is 4.74 Å². The highest BCUT2D eigenvalue weighted by Gasteiger charge is 2.23. The minimum atomic E-state index is -0.0717. The third-order valence-electron chi connectivity index (χ3n) is 3.05. The van der Waals surface area contributed by atoms with Crippen LogP contribution in [0.2, 0.25) is 0 Å². The molecule has 16 heavy (non-hydrogen) atoms. The van der Waals surface area contributed by atoms with Gasteiger partial charge in [-0.2, -0.15) is 0 Å². The van der Waals surface area contributed by atoms with Gasteiger partial charge >= 0.3 is 5.97 Å². The highest BCUT2D eigenvalue weighted by Crippen LogP contribution is 2.22. The van der Waals surface area contributed by atoms with E-state index < -0.39 is 0 Å². The molecule has 1 heterocycles. The van der Waals surface area contributed by atoms with Gasteiger partial charge in [-0.05, 0) is 31.8 Å². The maximum atomic E-state index is 11.5. The van der Waals surface area contributed by atoms with Crippen LogP contribution in [0.4, 0.5) is 0 Å². The summed E-state index contributed by atoms with van der Waals surface area (Å²) in [5, 5.41) is 0. The number of carbonyl (C=O) groups excluding carboxylic acids is 1. The molecule has 1 aliphatic rings. The lowest BCUT2D eigenvalue weighted by Gasteiger charge is -2.06. The summed E-state index contributed by atoms with van der Waals surface area (Å²) in [6.45, 7) is 4.36. The van der Waals surface area contributed by atoms with Crippen molar-refractivity contribution in [2.24, 2.45) is 0 Å². The summed E-state index contributed by atoms with van der Waals surface area (Å²) in [5.41, 5.74) is 0.912. The molecule has 0 bridgehead atoms. The van der Waals surface area contributed by atoms with Gasteiger partial charge in [-0.25, -0.2) is 4.79 Å². The summed E-state index contributed by atoms with van der Waals surface area (Å²) < 4.78 is 5.32. The quantitative estimate of drug-likeness (QED) is 0.460. The van der Waals surface area contributed by atoms with E-state index in [2.05, 4.69) is 13.8 Å². The smallest absolute Gasteiger partial charge is 0.334 e. The first kappa shape index (κ1) is 13.3. The van der Waals surface area contributed by atoms with Crippen LogP contribution in [0.1, 0.15) is 65.2 Å². The van der Waals surface area contributed by atoms with E-state index in [1.807, 2.05) is 6.08 Å². The number of hydrogen-bond acceptors (Lipinski definition) is 2. The van der Waals surface area contributed by atoms with Crippen molar-refractivity contribution in [3.05, 3.63) is 11.6 Å². The van der Waals surface area contributed by atoms with Crippen molar-refractivity contribution in [3.8, 4) is 0 Å². The molecule has 0 amide bonds. The summed E-state index contributed by atoms with van der Waals surface area (Å²) >= 11 is 0. The van der Waals surface area contributed by atoms with Gasteiger partial charge in [-0.15, -0.1) is 0 Å². The molecule has 0 spiro atoms. The molecule has 92 valence electrons. The summed E-state index contributed by atoms with van der Waals surface area (Å²) in [6.07, 6.45) is 11.1. The molecular formula is C14H24O2. The lowest BCUT2D eigenvalue weighted by Crippen LogP contribution is -2.08. The maximum Gasteiger partial charge on any atom is 0.334 e. The number of rotatable bonds is 8. The standard InChI is InChI=1S/C14H24O2/c1-3-5-7-9-12-11-13(16-14(12)15)10-8-6-4-2/h11,13H,3-10H2,1-2H3. The molecular weight excluding hydrogens is 200 g/mol. The van der Waals surface area contributed by atoms with Gasteiger partial charge in [-0.1, -0.05) is 39.5 Å². The van der Waals surface area contributed by atoms with Gasteiger partial charge in [0.1, 0.15) is 6.10 Å². The second-order valence-corrected chi connectivity index (χ2v) is 4.59. The Balaban J connectivity index is 2.27. The van der Waals surface area contributed by atoms with Crippen molar-refractivity contribution in [1.82, 2.24) is 0 Å². The van der Waals surface area contributed by atoms with Crippen molar-refractivity contribution in [3.63, 3.8) is 0 Å². The van der Waals surface area contributed by atoms with E-state index in [-0.39, 0.29) is 12.1 Å². The van der Waals surface area contributed by atoms with Crippen LogP contribution < -0.4 is 0 Å². The molecule has 0 aliphatic carbocycles. The van der Waals surface area contributed by atoms with Crippen LogP contribution in [0.15, 0.2) is 11.6 Å². The Morgan fingerprint density at radius 2 is 1.81 bits per heavy atom. The molecule has 2 heteroatoms. The number of carbonyl (C=O) groups is 1. The predicted octanol–water partition coefficient (Wildman–Crippen LogP) is 4.00. The minimum Gasteiger partial charge on any atom is -0.455 e. The van der Waals surface area contributed by atoms with Gasteiger partial charge in [0, 0.05) is 5.57 Å². The molecule has 2 nitrogen and oxygen atoms in total. The number of ether oxygens (including phenoxy) is 1. The second kappa shape index (κ2) is 7.48. The first-order valence-corrected chi connectivity index (χ1v) is 6.69. The van der Waals surface area contributed by atoms with Crippen molar-refractivity contribution in [2.45, 2.75) is 71.3 Å². The van der Waals surface area contributed by atoms with E-state index in [1.54, 1.807) is 0 Å². The van der Waals surface area contributed by atoms with Crippen LogP contribution in [0, 0.1) is 0 Å². The molecule has 1 aliphatic heterocycles. The lowest BCUT2D eigenvalue weighted by atomic mass is 10.1. The fraction of sp³-hybridized carbons (Fsp3) is 0.786. The fourth-order valence-electron chi connectivity index (χ4n) is 2.03. The van der Waals surface area contributed by atoms with Gasteiger partial charge in [0.25, 0.3) is 0 Å². The summed E-state index contributed by atoms with van der Waals surface area (Å²) in [7, 11) is 0. The fourth-order valence-corrected chi connectivity index (χ4v) is 2.03. The van der Waals surface area contributed by atoms with E-state index >= 15 is 0 Å². The van der Waals surface area contributed by atoms with Crippen LogP contribution in [0.5, 0.6) is 0 Å². The van der Waals surface area contributed by atoms with E-state index in [9.17, 15) is 4.79 Å². The molecule has 1 atom stereocenters. The van der Waals surface area contributed by atoms with E-state index in [1.165, 1.54) is 25.7 Å². The number of hydrogen-bond donors (Lipinski definition) is 0. The van der Waals surface area contributed by atoms with Crippen molar-refractivity contribution < 1.29 is 9.53 Å². The SMILES string of the molecule is CCCCCC1=CC(CCCCC)OC1=O. The molecule has 0 aromatic rings. The minimum absolute atomic E-state index is 0.0654. The van der Waals surface area contributed by atoms with Crippen LogP contribution >= 0.6 is 0 Å². The number of unbranched alkanes of at least 4 members (excludes halogenated alkanes) is 4. The average molecular weight is 224 g/mol. The van der Waals surface area contributed by atoms with Gasteiger partial charge in [-0.3, -0.25) is 0 Å². The molecule has 0 saturated heterocycles. The van der Waals surface area contributed by atoms with Crippen molar-refractivity contribution in [2.75, 3.05) is 0 Å². The molecule has 0 saturated carbocycles. The molecule has 0 fully saturated rings. The van der Waals surface area contributed by atoms with Gasteiger partial charge < -0.3 is 4.74 Å². The number of esters is 1. The largest absolute Gasteiger partial charge is 0.455 e. The van der Waals surface area contributed by atoms with Gasteiger partial charge in [0.2, 0.25) is 0 Å². The zero-order chi connectivity index (χ0) is 11.8. The molecule has 0 aromatic heterocycles. The summed E-state index contributed by atoms with van der Waals surface area (Å²) in [6, 6.07) is 0. The highest BCUT2D eigenvalue weighted by molar-refractivity contribution is 5.90. The Morgan fingerprint density at radius 3 is 2.50 bits per heavy atom. The van der Waals surface area contributed by atoms with Gasteiger partial charge in [0.15, 0.2) is 0 Å². The normalized spacial score (nSPS) is 19.8. The van der Waals surface area contributed by atoms with Crippen LogP contribution in [-0.4, -0.2) is 12.1 Å². The first-order valence-electron chi connectivity index (χ1n) is 6.69. The molecule has 0 N–H and O–H groups in total. The molecule has 1 unspecified atom stereocenters. The lowest BCUT2D eigenvalue weighted by molar-refractivity contribution is -0.140. The Bertz CT molecular complexity index is 243. The summed E-state index contributed by atoms with van der Waals surface area (Å²) in [4.78, 5) is 11.5. The number of cyclic esters (lactones) is 1. The topological polar surface area (TPSA) is 26.3 Å². The average Bonchev–Trinajstić information content (AvgIpc) is 2.61. The van der Waals surface area contributed by atoms with Crippen LogP contribution in [0.3, 0.4) is 0 Å². The Hall–Kier alpha value is -0.790. The Kier molecular flexibility index (Phi) is 6.20. The molecule has 1 rings (SSSR count). The zero-order valence-electron chi connectivity index (χ0n) is 10.6. The zero-order valence-corrected chi connectivity index (χ0v) is 10.6. The predicted molar refractivity (Wildman–Crippen MR) is 66.2 cm³/mol. The molecule has 0 aromatic carbocycles. The molecule has 0 radical (unpaired) electrons. The maximum absolute atomic E-state index is 11.5. The van der Waals surface area contributed by atoms with Crippen LogP contribution in [0.25, 0.3) is 0 Å². The third-order valence-corrected chi connectivity index (χ3v) is 3.05. The Labute approximate surface area is 99.1 Å². The second-order valence-electron chi connectivity index (χ2n) is 4.59. The first-order chi connectivity index (χ1) is 7.77. The van der Waals surface area contributed by atoms with Crippen LogP contribution in [-0.2, 0) is 9.53 Å². The van der Waals surface area contributed by atoms with E-state index in [0.717, 1.165) is 31.3 Å². The van der Waals surface area contributed by atoms with Crippen molar-refractivity contribution >= 4 is 5.97 Å². The monoisotopic (exact) mass is 224 g/mol. The third kappa shape index (κ3) is 4.38. The summed E-state index contributed by atoms with van der Waals surface area (Å²) in [5.74, 6) is -0.0717.